The Morgan fingerprint density at radius 3 is 2.65 bits per heavy atom. The summed E-state index contributed by atoms with van der Waals surface area (Å²) in [6.45, 7) is 0. The van der Waals surface area contributed by atoms with Gasteiger partial charge in [0.2, 0.25) is 0 Å². The second-order valence-corrected chi connectivity index (χ2v) is 4.71. The highest BCUT2D eigenvalue weighted by molar-refractivity contribution is 6.30. The molecular weight excluding hydrogens is 280 g/mol. The molecule has 0 bridgehead atoms. The third-order valence-corrected chi connectivity index (χ3v) is 3.10. The molecule has 0 aliphatic rings. The fourth-order valence-electron chi connectivity index (χ4n) is 1.89. The molecule has 0 fully saturated rings. The predicted molar refractivity (Wildman–Crippen MR) is 73.9 cm³/mol. The molecule has 1 aromatic carbocycles. The Balaban J connectivity index is 1.92. The monoisotopic (exact) mass is 288 g/mol. The highest BCUT2D eigenvalue weighted by Crippen LogP contribution is 2.15. The standard InChI is InChI=1S/C13H9ClN4O2/c14-10-3-1-9(2-4-10)7-12-15-13-6-5-11(18(19)20)8-17(13)16-12/h1-6,8H,7H2. The van der Waals surface area contributed by atoms with Gasteiger partial charge in [-0.2, -0.15) is 5.10 Å². The van der Waals surface area contributed by atoms with Gasteiger partial charge in [-0.05, 0) is 23.8 Å². The van der Waals surface area contributed by atoms with Crippen LogP contribution in [0.2, 0.25) is 5.02 Å². The lowest BCUT2D eigenvalue weighted by atomic mass is 10.1. The minimum absolute atomic E-state index is 0.0135. The molecule has 0 radical (unpaired) electrons. The lowest BCUT2D eigenvalue weighted by molar-refractivity contribution is -0.385. The van der Waals surface area contributed by atoms with E-state index in [-0.39, 0.29) is 5.69 Å². The van der Waals surface area contributed by atoms with Crippen molar-refractivity contribution in [2.75, 3.05) is 0 Å². The zero-order valence-corrected chi connectivity index (χ0v) is 11.0. The van der Waals surface area contributed by atoms with Crippen LogP contribution in [-0.2, 0) is 6.42 Å². The smallest absolute Gasteiger partial charge is 0.258 e. The average Bonchev–Trinajstić information content (AvgIpc) is 2.82. The van der Waals surface area contributed by atoms with E-state index in [4.69, 9.17) is 11.6 Å². The van der Waals surface area contributed by atoms with Crippen LogP contribution in [-0.4, -0.2) is 19.5 Å². The first-order chi connectivity index (χ1) is 9.61. The van der Waals surface area contributed by atoms with Gasteiger partial charge >= 0.3 is 0 Å². The van der Waals surface area contributed by atoms with Gasteiger partial charge < -0.3 is 0 Å². The highest BCUT2D eigenvalue weighted by atomic mass is 35.5. The molecule has 7 heteroatoms. The van der Waals surface area contributed by atoms with E-state index in [9.17, 15) is 10.1 Å². The van der Waals surface area contributed by atoms with Crippen LogP contribution >= 0.6 is 11.6 Å². The van der Waals surface area contributed by atoms with Gasteiger partial charge in [-0.15, -0.1) is 0 Å². The molecule has 0 unspecified atom stereocenters. The van der Waals surface area contributed by atoms with E-state index in [1.54, 1.807) is 18.2 Å². The van der Waals surface area contributed by atoms with Gasteiger partial charge in [0.25, 0.3) is 5.69 Å². The van der Waals surface area contributed by atoms with Gasteiger partial charge in [0.05, 0.1) is 4.92 Å². The normalized spacial score (nSPS) is 10.8. The predicted octanol–water partition coefficient (Wildman–Crippen LogP) is 2.88. The van der Waals surface area contributed by atoms with Crippen molar-refractivity contribution in [3.63, 3.8) is 0 Å². The van der Waals surface area contributed by atoms with Crippen molar-refractivity contribution < 1.29 is 4.92 Å². The van der Waals surface area contributed by atoms with Crippen LogP contribution in [0.25, 0.3) is 5.65 Å². The molecular formula is C13H9ClN4O2. The van der Waals surface area contributed by atoms with Crippen molar-refractivity contribution in [2.45, 2.75) is 6.42 Å². The molecule has 0 spiro atoms. The van der Waals surface area contributed by atoms with Crippen molar-refractivity contribution in [1.82, 2.24) is 14.6 Å². The molecule has 2 aromatic heterocycles. The molecule has 3 rings (SSSR count). The largest absolute Gasteiger partial charge is 0.287 e. The lowest BCUT2D eigenvalue weighted by Gasteiger charge is -1.96. The second kappa shape index (κ2) is 4.90. The number of fused-ring (bicyclic) bond motifs is 1. The summed E-state index contributed by atoms with van der Waals surface area (Å²) in [5, 5.41) is 15.6. The maximum Gasteiger partial charge on any atom is 0.287 e. The molecule has 0 saturated heterocycles. The molecule has 2 heterocycles. The Morgan fingerprint density at radius 1 is 1.20 bits per heavy atom. The minimum Gasteiger partial charge on any atom is -0.258 e. The summed E-state index contributed by atoms with van der Waals surface area (Å²) < 4.78 is 1.42. The second-order valence-electron chi connectivity index (χ2n) is 4.28. The molecule has 0 saturated carbocycles. The maximum atomic E-state index is 10.7. The summed E-state index contributed by atoms with van der Waals surface area (Å²) in [6, 6.07) is 10.4. The van der Waals surface area contributed by atoms with Gasteiger partial charge in [0, 0.05) is 17.5 Å². The van der Waals surface area contributed by atoms with E-state index in [0.29, 0.717) is 22.9 Å². The lowest BCUT2D eigenvalue weighted by Crippen LogP contribution is -1.94. The highest BCUT2D eigenvalue weighted by Gasteiger charge is 2.10. The molecule has 100 valence electrons. The molecule has 0 amide bonds. The van der Waals surface area contributed by atoms with Crippen molar-refractivity contribution in [1.29, 1.82) is 0 Å². The van der Waals surface area contributed by atoms with Crippen LogP contribution in [0.5, 0.6) is 0 Å². The van der Waals surface area contributed by atoms with E-state index in [2.05, 4.69) is 10.1 Å². The van der Waals surface area contributed by atoms with E-state index < -0.39 is 4.92 Å². The molecule has 3 aromatic rings. The first kappa shape index (κ1) is 12.6. The van der Waals surface area contributed by atoms with Gasteiger partial charge in [0.1, 0.15) is 6.20 Å². The van der Waals surface area contributed by atoms with Gasteiger partial charge in [-0.25, -0.2) is 9.50 Å². The summed E-state index contributed by atoms with van der Waals surface area (Å²) in [4.78, 5) is 14.6. The number of aromatic nitrogens is 3. The molecule has 0 N–H and O–H groups in total. The number of benzene rings is 1. The third-order valence-electron chi connectivity index (χ3n) is 2.85. The van der Waals surface area contributed by atoms with Gasteiger partial charge in [0.15, 0.2) is 11.5 Å². The Morgan fingerprint density at radius 2 is 1.95 bits per heavy atom. The summed E-state index contributed by atoms with van der Waals surface area (Å²) in [5.41, 5.74) is 1.60. The number of hydrogen-bond acceptors (Lipinski definition) is 4. The van der Waals surface area contributed by atoms with Crippen molar-refractivity contribution >= 4 is 22.9 Å². The van der Waals surface area contributed by atoms with Crippen LogP contribution in [0.3, 0.4) is 0 Å². The number of halogens is 1. The van der Waals surface area contributed by atoms with Gasteiger partial charge in [-0.3, -0.25) is 10.1 Å². The molecule has 0 aliphatic heterocycles. The number of pyridine rings is 1. The average molecular weight is 289 g/mol. The SMILES string of the molecule is O=[N+]([O-])c1ccc2nc(Cc3ccc(Cl)cc3)nn2c1. The Hall–Kier alpha value is -2.47. The van der Waals surface area contributed by atoms with Crippen molar-refractivity contribution in [2.24, 2.45) is 0 Å². The third kappa shape index (κ3) is 2.46. The summed E-state index contributed by atoms with van der Waals surface area (Å²) in [5.74, 6) is 0.604. The number of rotatable bonds is 3. The number of nitrogens with zero attached hydrogens (tertiary/aromatic N) is 4. The van der Waals surface area contributed by atoms with Crippen LogP contribution in [0.4, 0.5) is 5.69 Å². The summed E-state index contributed by atoms with van der Waals surface area (Å²) in [7, 11) is 0. The quantitative estimate of drug-likeness (QED) is 0.549. The van der Waals surface area contributed by atoms with E-state index >= 15 is 0 Å². The number of hydrogen-bond donors (Lipinski definition) is 0. The van der Waals surface area contributed by atoms with Crippen molar-refractivity contribution in [3.05, 3.63) is 69.1 Å². The maximum absolute atomic E-state index is 10.7. The van der Waals surface area contributed by atoms with Crippen molar-refractivity contribution in [3.8, 4) is 0 Å². The minimum atomic E-state index is -0.458. The molecule has 0 atom stereocenters. The van der Waals surface area contributed by atoms with Crippen LogP contribution in [0.1, 0.15) is 11.4 Å². The molecule has 6 nitrogen and oxygen atoms in total. The Kier molecular flexibility index (Phi) is 3.08. The fourth-order valence-corrected chi connectivity index (χ4v) is 2.01. The zero-order valence-electron chi connectivity index (χ0n) is 10.2. The van der Waals surface area contributed by atoms with Gasteiger partial charge in [-0.1, -0.05) is 23.7 Å². The van der Waals surface area contributed by atoms with Crippen LogP contribution in [0.15, 0.2) is 42.6 Å². The first-order valence-electron chi connectivity index (χ1n) is 5.86. The van der Waals surface area contributed by atoms with E-state index in [0.717, 1.165) is 5.56 Å². The fraction of sp³-hybridized carbons (Fsp3) is 0.0769. The number of nitro groups is 1. The Bertz CT molecular complexity index is 783. The Labute approximate surface area is 118 Å². The summed E-state index contributed by atoms with van der Waals surface area (Å²) >= 11 is 5.83. The van der Waals surface area contributed by atoms with Crippen LogP contribution < -0.4 is 0 Å². The summed E-state index contributed by atoms with van der Waals surface area (Å²) in [6.07, 6.45) is 1.90. The first-order valence-corrected chi connectivity index (χ1v) is 6.24. The topological polar surface area (TPSA) is 73.3 Å². The molecule has 20 heavy (non-hydrogen) atoms. The molecule has 0 aliphatic carbocycles. The van der Waals surface area contributed by atoms with E-state index in [1.807, 2.05) is 12.1 Å². The van der Waals surface area contributed by atoms with Crippen LogP contribution in [0, 0.1) is 10.1 Å². The zero-order chi connectivity index (χ0) is 14.1. The van der Waals surface area contributed by atoms with E-state index in [1.165, 1.54) is 16.8 Å².